The monoisotopic (exact) mass is 329 g/mol. The number of carbonyl (C=O) groups excluding carboxylic acids is 1. The zero-order chi connectivity index (χ0) is 17.5. The SMILES string of the molecule is CCOc1cccc(CNC(=O)NCc2c(C)cc(C)[nH]c2=O)c1. The molecule has 0 spiro atoms. The zero-order valence-electron chi connectivity index (χ0n) is 14.2. The number of carbonyl (C=O) groups is 1. The molecule has 0 bridgehead atoms. The van der Waals surface area contributed by atoms with Crippen LogP contribution in [0.2, 0.25) is 0 Å². The van der Waals surface area contributed by atoms with Crippen molar-refractivity contribution in [1.29, 1.82) is 0 Å². The molecule has 1 heterocycles. The number of hydrogen-bond donors (Lipinski definition) is 3. The van der Waals surface area contributed by atoms with Crippen molar-refractivity contribution in [3.63, 3.8) is 0 Å². The summed E-state index contributed by atoms with van der Waals surface area (Å²) >= 11 is 0. The molecule has 6 nitrogen and oxygen atoms in total. The van der Waals surface area contributed by atoms with E-state index in [-0.39, 0.29) is 18.1 Å². The molecule has 1 aromatic carbocycles. The molecule has 0 aliphatic heterocycles. The molecule has 128 valence electrons. The van der Waals surface area contributed by atoms with Gasteiger partial charge in [-0.2, -0.15) is 0 Å². The van der Waals surface area contributed by atoms with E-state index < -0.39 is 0 Å². The van der Waals surface area contributed by atoms with Gasteiger partial charge in [-0.15, -0.1) is 0 Å². The molecule has 6 heteroatoms. The number of urea groups is 1. The van der Waals surface area contributed by atoms with Gasteiger partial charge in [0.05, 0.1) is 13.2 Å². The van der Waals surface area contributed by atoms with E-state index in [1.165, 1.54) is 0 Å². The van der Waals surface area contributed by atoms with E-state index in [9.17, 15) is 9.59 Å². The first-order valence-corrected chi connectivity index (χ1v) is 7.92. The average Bonchev–Trinajstić information content (AvgIpc) is 2.52. The summed E-state index contributed by atoms with van der Waals surface area (Å²) in [6.07, 6.45) is 0. The van der Waals surface area contributed by atoms with E-state index in [1.54, 1.807) is 0 Å². The quantitative estimate of drug-likeness (QED) is 0.761. The summed E-state index contributed by atoms with van der Waals surface area (Å²) in [4.78, 5) is 26.6. The largest absolute Gasteiger partial charge is 0.494 e. The molecule has 0 aliphatic carbocycles. The highest BCUT2D eigenvalue weighted by Gasteiger charge is 2.07. The number of amides is 2. The average molecular weight is 329 g/mol. The van der Waals surface area contributed by atoms with Crippen molar-refractivity contribution in [1.82, 2.24) is 15.6 Å². The van der Waals surface area contributed by atoms with E-state index in [0.717, 1.165) is 22.6 Å². The highest BCUT2D eigenvalue weighted by molar-refractivity contribution is 5.73. The topological polar surface area (TPSA) is 83.2 Å². The Morgan fingerprint density at radius 2 is 1.92 bits per heavy atom. The van der Waals surface area contributed by atoms with Gasteiger partial charge in [0.25, 0.3) is 5.56 Å². The summed E-state index contributed by atoms with van der Waals surface area (Å²) in [5.74, 6) is 0.777. The van der Waals surface area contributed by atoms with Gasteiger partial charge >= 0.3 is 6.03 Å². The number of nitrogens with one attached hydrogen (secondary N) is 3. The van der Waals surface area contributed by atoms with Crippen LogP contribution in [0.5, 0.6) is 5.75 Å². The summed E-state index contributed by atoms with van der Waals surface area (Å²) in [5.41, 5.74) is 3.01. The Balaban J connectivity index is 1.88. The second-order valence-corrected chi connectivity index (χ2v) is 5.56. The van der Waals surface area contributed by atoms with E-state index >= 15 is 0 Å². The Kier molecular flexibility index (Phi) is 6.01. The van der Waals surface area contributed by atoms with Crippen molar-refractivity contribution in [2.75, 3.05) is 6.61 Å². The molecule has 0 radical (unpaired) electrons. The lowest BCUT2D eigenvalue weighted by Crippen LogP contribution is -2.36. The number of aryl methyl sites for hydroxylation is 2. The van der Waals surface area contributed by atoms with Crippen LogP contribution in [0.3, 0.4) is 0 Å². The van der Waals surface area contributed by atoms with Crippen molar-refractivity contribution in [2.24, 2.45) is 0 Å². The van der Waals surface area contributed by atoms with Gasteiger partial charge in [-0.1, -0.05) is 12.1 Å². The van der Waals surface area contributed by atoms with Gasteiger partial charge in [0.1, 0.15) is 5.75 Å². The van der Waals surface area contributed by atoms with Gasteiger partial charge in [0, 0.05) is 17.8 Å². The van der Waals surface area contributed by atoms with Gasteiger partial charge in [-0.3, -0.25) is 4.79 Å². The third-order valence-electron chi connectivity index (χ3n) is 3.58. The predicted octanol–water partition coefficient (Wildman–Crippen LogP) is 2.39. The highest BCUT2D eigenvalue weighted by Crippen LogP contribution is 2.12. The predicted molar refractivity (Wildman–Crippen MR) is 93.2 cm³/mol. The van der Waals surface area contributed by atoms with Crippen LogP contribution in [-0.2, 0) is 13.1 Å². The molecular formula is C18H23N3O3. The highest BCUT2D eigenvalue weighted by atomic mass is 16.5. The number of hydrogen-bond acceptors (Lipinski definition) is 3. The fraction of sp³-hybridized carbons (Fsp3) is 0.333. The van der Waals surface area contributed by atoms with Crippen LogP contribution in [0.1, 0.15) is 29.3 Å². The van der Waals surface area contributed by atoms with Crippen LogP contribution in [0.25, 0.3) is 0 Å². The minimum absolute atomic E-state index is 0.169. The summed E-state index contributed by atoms with van der Waals surface area (Å²) in [6, 6.07) is 9.12. The summed E-state index contributed by atoms with van der Waals surface area (Å²) < 4.78 is 5.43. The van der Waals surface area contributed by atoms with Crippen LogP contribution in [0, 0.1) is 13.8 Å². The molecule has 2 amide bonds. The van der Waals surface area contributed by atoms with Crippen molar-refractivity contribution < 1.29 is 9.53 Å². The van der Waals surface area contributed by atoms with Gasteiger partial charge < -0.3 is 20.4 Å². The minimum atomic E-state index is -0.323. The van der Waals surface area contributed by atoms with Crippen LogP contribution in [0.4, 0.5) is 4.79 Å². The molecule has 0 aliphatic rings. The number of rotatable bonds is 6. The Hall–Kier alpha value is -2.76. The van der Waals surface area contributed by atoms with Gasteiger partial charge in [-0.25, -0.2) is 4.79 Å². The number of aromatic amines is 1. The minimum Gasteiger partial charge on any atom is -0.494 e. The van der Waals surface area contributed by atoms with Gasteiger partial charge in [0.15, 0.2) is 0 Å². The van der Waals surface area contributed by atoms with E-state index in [4.69, 9.17) is 4.74 Å². The zero-order valence-corrected chi connectivity index (χ0v) is 14.2. The third-order valence-corrected chi connectivity index (χ3v) is 3.58. The van der Waals surface area contributed by atoms with Crippen molar-refractivity contribution in [3.8, 4) is 5.75 Å². The molecule has 0 atom stereocenters. The van der Waals surface area contributed by atoms with E-state index in [1.807, 2.05) is 51.1 Å². The Morgan fingerprint density at radius 1 is 1.17 bits per heavy atom. The van der Waals surface area contributed by atoms with Crippen molar-refractivity contribution in [2.45, 2.75) is 33.9 Å². The molecule has 0 fully saturated rings. The number of aromatic nitrogens is 1. The Morgan fingerprint density at radius 3 is 2.62 bits per heavy atom. The number of H-pyrrole nitrogens is 1. The van der Waals surface area contributed by atoms with Gasteiger partial charge in [0.2, 0.25) is 0 Å². The first-order valence-electron chi connectivity index (χ1n) is 7.92. The second-order valence-electron chi connectivity index (χ2n) is 5.56. The molecule has 0 unspecified atom stereocenters. The molecular weight excluding hydrogens is 306 g/mol. The number of pyridine rings is 1. The Labute approximate surface area is 141 Å². The second kappa shape index (κ2) is 8.19. The maximum absolute atomic E-state index is 11.9. The first kappa shape index (κ1) is 17.6. The molecule has 2 aromatic rings. The lowest BCUT2D eigenvalue weighted by Gasteiger charge is -2.10. The number of ether oxygens (including phenoxy) is 1. The van der Waals surface area contributed by atoms with Crippen molar-refractivity contribution >= 4 is 6.03 Å². The molecule has 0 saturated heterocycles. The lowest BCUT2D eigenvalue weighted by molar-refractivity contribution is 0.240. The standard InChI is InChI=1S/C18H23N3O3/c1-4-24-15-7-5-6-14(9-15)10-19-18(23)20-11-16-12(2)8-13(3)21-17(16)22/h5-9H,4,10-11H2,1-3H3,(H,21,22)(H2,19,20,23). The van der Waals surface area contributed by atoms with E-state index in [0.29, 0.717) is 18.7 Å². The van der Waals surface area contributed by atoms with Crippen molar-refractivity contribution in [3.05, 3.63) is 63.1 Å². The normalized spacial score (nSPS) is 10.3. The maximum Gasteiger partial charge on any atom is 0.315 e. The molecule has 2 rings (SSSR count). The van der Waals surface area contributed by atoms with Crippen LogP contribution >= 0.6 is 0 Å². The maximum atomic E-state index is 11.9. The summed E-state index contributed by atoms with van der Waals surface area (Å²) in [5, 5.41) is 5.48. The summed E-state index contributed by atoms with van der Waals surface area (Å²) in [6.45, 7) is 6.78. The van der Waals surface area contributed by atoms with E-state index in [2.05, 4.69) is 15.6 Å². The smallest absolute Gasteiger partial charge is 0.315 e. The summed E-state index contributed by atoms with van der Waals surface area (Å²) in [7, 11) is 0. The fourth-order valence-electron chi connectivity index (χ4n) is 2.43. The molecule has 3 N–H and O–H groups in total. The Bertz CT molecular complexity index is 768. The lowest BCUT2D eigenvalue weighted by atomic mass is 10.1. The van der Waals surface area contributed by atoms with Crippen LogP contribution in [-0.4, -0.2) is 17.6 Å². The molecule has 0 saturated carbocycles. The van der Waals surface area contributed by atoms with Crippen LogP contribution in [0.15, 0.2) is 35.1 Å². The first-order chi connectivity index (χ1) is 11.5. The van der Waals surface area contributed by atoms with Crippen LogP contribution < -0.4 is 20.9 Å². The molecule has 24 heavy (non-hydrogen) atoms. The molecule has 1 aromatic heterocycles. The fourth-order valence-corrected chi connectivity index (χ4v) is 2.43. The van der Waals surface area contributed by atoms with Gasteiger partial charge in [-0.05, 0) is 50.1 Å². The third kappa shape index (κ3) is 4.87. The number of benzene rings is 1.